The van der Waals surface area contributed by atoms with Gasteiger partial charge < -0.3 is 0 Å². The minimum absolute atomic E-state index is 0.401. The van der Waals surface area contributed by atoms with Gasteiger partial charge in [-0.3, -0.25) is 4.79 Å². The molecule has 3 nitrogen and oxygen atoms in total. The lowest BCUT2D eigenvalue weighted by atomic mass is 9.93. The van der Waals surface area contributed by atoms with Crippen molar-refractivity contribution in [1.82, 2.24) is 5.06 Å². The van der Waals surface area contributed by atoms with E-state index in [2.05, 4.69) is 0 Å². The second kappa shape index (κ2) is 2.94. The molecule has 0 atom stereocenters. The third-order valence-electron chi connectivity index (χ3n) is 2.56. The van der Waals surface area contributed by atoms with Gasteiger partial charge in [-0.2, -0.15) is 0 Å². The number of hydrogen-bond donors (Lipinski definition) is 0. The van der Waals surface area contributed by atoms with Crippen LogP contribution in [0.1, 0.15) is 27.7 Å². The number of hydroxylamine groups is 2. The van der Waals surface area contributed by atoms with Crippen molar-refractivity contribution in [3.63, 3.8) is 0 Å². The van der Waals surface area contributed by atoms with Crippen molar-refractivity contribution < 1.29 is 10.0 Å². The Bertz CT molecular complexity index is 345. The summed E-state index contributed by atoms with van der Waals surface area (Å²) in [6, 6.07) is 0. The van der Waals surface area contributed by atoms with Crippen molar-refractivity contribution in [1.29, 1.82) is 0 Å². The molecule has 0 N–H and O–H groups in total. The van der Waals surface area contributed by atoms with E-state index in [1.165, 1.54) is 0 Å². The molecule has 0 aliphatic carbocycles. The van der Waals surface area contributed by atoms with E-state index >= 15 is 0 Å². The molecule has 1 rings (SSSR count). The summed E-state index contributed by atoms with van der Waals surface area (Å²) in [5.74, 6) is 1.65. The maximum Gasteiger partial charge on any atom is 0.233 e. The fourth-order valence-electron chi connectivity index (χ4n) is 1.84. The highest BCUT2D eigenvalue weighted by molar-refractivity contribution is 6.10. The molecule has 0 unspecified atom stereocenters. The molecule has 1 heterocycles. The van der Waals surface area contributed by atoms with Gasteiger partial charge in [0.25, 0.3) is 0 Å². The molecule has 0 aromatic heterocycles. The topological polar surface area (TPSA) is 40.2 Å². The largest absolute Gasteiger partial charge is 0.280 e. The number of terminal acetylenes is 1. The first-order valence-electron chi connectivity index (χ1n) is 4.45. The minimum atomic E-state index is -0.826. The second-order valence-electron chi connectivity index (χ2n) is 4.54. The Labute approximate surface area is 84.4 Å². The summed E-state index contributed by atoms with van der Waals surface area (Å²) in [5.41, 5.74) is -1.07. The SMILES string of the molecule is C#CC(=O)C1=CC(C)(C)N([O])C1(C)C. The van der Waals surface area contributed by atoms with E-state index in [1.54, 1.807) is 33.8 Å². The molecule has 0 aromatic rings. The molecule has 0 saturated carbocycles. The predicted octanol–water partition coefficient (Wildman–Crippen LogP) is 1.33. The van der Waals surface area contributed by atoms with Crippen LogP contribution in [0.3, 0.4) is 0 Å². The molecule has 1 aliphatic heterocycles. The number of nitrogens with zero attached hydrogens (tertiary/aromatic N) is 1. The van der Waals surface area contributed by atoms with Crippen molar-refractivity contribution in [2.75, 3.05) is 0 Å². The van der Waals surface area contributed by atoms with Crippen molar-refractivity contribution in [3.05, 3.63) is 11.6 Å². The van der Waals surface area contributed by atoms with Gasteiger partial charge in [0.15, 0.2) is 0 Å². The van der Waals surface area contributed by atoms with E-state index in [-0.39, 0.29) is 0 Å². The molecule has 3 heteroatoms. The Morgan fingerprint density at radius 3 is 2.21 bits per heavy atom. The molecule has 0 saturated heterocycles. The molecule has 0 fully saturated rings. The van der Waals surface area contributed by atoms with Crippen LogP contribution in [0.2, 0.25) is 0 Å². The van der Waals surface area contributed by atoms with Crippen molar-refractivity contribution in [3.8, 4) is 12.3 Å². The summed E-state index contributed by atoms with van der Waals surface area (Å²) in [6.07, 6.45) is 6.70. The molecule has 75 valence electrons. The van der Waals surface area contributed by atoms with Crippen LogP contribution in [0, 0.1) is 12.3 Å². The zero-order chi connectivity index (χ0) is 11.1. The zero-order valence-corrected chi connectivity index (χ0v) is 8.92. The van der Waals surface area contributed by atoms with Gasteiger partial charge in [0.1, 0.15) is 0 Å². The highest BCUT2D eigenvalue weighted by Gasteiger charge is 2.48. The van der Waals surface area contributed by atoms with Crippen LogP contribution >= 0.6 is 0 Å². The molecule has 1 aliphatic rings. The second-order valence-corrected chi connectivity index (χ2v) is 4.54. The standard InChI is InChI=1S/C11H14NO2/c1-6-9(13)8-7-10(2,3)12(14)11(8,4)5/h1,7H,2-5H3. The molecule has 14 heavy (non-hydrogen) atoms. The van der Waals surface area contributed by atoms with Crippen LogP contribution in [-0.4, -0.2) is 21.9 Å². The van der Waals surface area contributed by atoms with E-state index in [9.17, 15) is 10.0 Å². The lowest BCUT2D eigenvalue weighted by Crippen LogP contribution is -2.47. The van der Waals surface area contributed by atoms with E-state index < -0.39 is 16.9 Å². The average molecular weight is 192 g/mol. The van der Waals surface area contributed by atoms with E-state index in [1.807, 2.05) is 5.92 Å². The molecule has 0 spiro atoms. The van der Waals surface area contributed by atoms with E-state index in [0.717, 1.165) is 5.06 Å². The quantitative estimate of drug-likeness (QED) is 0.464. The van der Waals surface area contributed by atoms with Crippen LogP contribution in [0.5, 0.6) is 0 Å². The number of carbonyl (C=O) groups excluding carboxylic acids is 1. The van der Waals surface area contributed by atoms with Gasteiger partial charge in [-0.1, -0.05) is 6.08 Å². The molecule has 0 amide bonds. The van der Waals surface area contributed by atoms with Crippen molar-refractivity contribution >= 4 is 5.78 Å². The first-order chi connectivity index (χ1) is 6.23. The Balaban J connectivity index is 3.21. The maximum atomic E-state index is 11.8. The van der Waals surface area contributed by atoms with Crippen molar-refractivity contribution in [2.24, 2.45) is 0 Å². The van der Waals surface area contributed by atoms with E-state index in [0.29, 0.717) is 5.57 Å². The summed E-state index contributed by atoms with van der Waals surface area (Å²) in [6.45, 7) is 6.93. The number of ketones is 1. The van der Waals surface area contributed by atoms with Gasteiger partial charge in [-0.15, -0.1) is 16.7 Å². The Morgan fingerprint density at radius 1 is 1.43 bits per heavy atom. The summed E-state index contributed by atoms with van der Waals surface area (Å²) >= 11 is 0. The Morgan fingerprint density at radius 2 is 1.93 bits per heavy atom. The van der Waals surface area contributed by atoms with Gasteiger partial charge in [0, 0.05) is 5.57 Å². The number of Topliss-reactive ketones (excluding diaryl/α,β-unsaturated/α-hetero) is 1. The zero-order valence-electron chi connectivity index (χ0n) is 8.92. The van der Waals surface area contributed by atoms with Crippen LogP contribution in [-0.2, 0) is 10.0 Å². The monoisotopic (exact) mass is 192 g/mol. The minimum Gasteiger partial charge on any atom is -0.280 e. The van der Waals surface area contributed by atoms with Crippen LogP contribution in [0.4, 0.5) is 0 Å². The molecular formula is C11H14NO2. The summed E-state index contributed by atoms with van der Waals surface area (Å²) in [4.78, 5) is 11.4. The average Bonchev–Trinajstić information content (AvgIpc) is 2.25. The number of rotatable bonds is 1. The predicted molar refractivity (Wildman–Crippen MR) is 52.6 cm³/mol. The van der Waals surface area contributed by atoms with Crippen molar-refractivity contribution in [2.45, 2.75) is 38.8 Å². The number of hydrogen-bond acceptors (Lipinski definition) is 2. The van der Waals surface area contributed by atoms with E-state index in [4.69, 9.17) is 6.42 Å². The van der Waals surface area contributed by atoms with Crippen LogP contribution in [0.25, 0.3) is 0 Å². The Kier molecular flexibility index (Phi) is 2.31. The number of carbonyl (C=O) groups is 1. The lowest BCUT2D eigenvalue weighted by Gasteiger charge is -2.33. The smallest absolute Gasteiger partial charge is 0.233 e. The van der Waals surface area contributed by atoms with Gasteiger partial charge in [-0.05, 0) is 33.6 Å². The highest BCUT2D eigenvalue weighted by atomic mass is 16.5. The highest BCUT2D eigenvalue weighted by Crippen LogP contribution is 2.38. The third-order valence-corrected chi connectivity index (χ3v) is 2.56. The lowest BCUT2D eigenvalue weighted by molar-refractivity contribution is -0.238. The van der Waals surface area contributed by atoms with Crippen LogP contribution in [0.15, 0.2) is 11.6 Å². The molecule has 0 aromatic carbocycles. The molecular weight excluding hydrogens is 178 g/mol. The first-order valence-corrected chi connectivity index (χ1v) is 4.45. The Hall–Kier alpha value is -1.11. The third kappa shape index (κ3) is 1.37. The normalized spacial score (nSPS) is 24.1. The summed E-state index contributed by atoms with van der Waals surface area (Å²) in [7, 11) is 0. The summed E-state index contributed by atoms with van der Waals surface area (Å²) < 4.78 is 0. The first kappa shape index (κ1) is 11.0. The van der Waals surface area contributed by atoms with Crippen LogP contribution < -0.4 is 0 Å². The van der Waals surface area contributed by atoms with Gasteiger partial charge in [-0.25, -0.2) is 0 Å². The molecule has 1 radical (unpaired) electrons. The van der Waals surface area contributed by atoms with Gasteiger partial charge >= 0.3 is 0 Å². The van der Waals surface area contributed by atoms with Gasteiger partial charge in [0.05, 0.1) is 11.1 Å². The van der Waals surface area contributed by atoms with Gasteiger partial charge in [0.2, 0.25) is 5.78 Å². The fourth-order valence-corrected chi connectivity index (χ4v) is 1.84. The molecule has 0 bridgehead atoms. The summed E-state index contributed by atoms with van der Waals surface area (Å²) in [5, 5.41) is 12.7. The maximum absolute atomic E-state index is 11.8. The fraction of sp³-hybridized carbons (Fsp3) is 0.545.